The number of hydrogen-bond acceptors (Lipinski definition) is 7. The Kier molecular flexibility index (Phi) is 3.58. The van der Waals surface area contributed by atoms with Gasteiger partial charge in [-0.25, -0.2) is 4.98 Å². The molecule has 2 aromatic heterocycles. The normalized spacial score (nSPS) is 12.8. The fourth-order valence-corrected chi connectivity index (χ4v) is 1.63. The molecular formula is C10H15N5O3. The number of aromatic nitrogens is 4. The van der Waals surface area contributed by atoms with E-state index in [1.54, 1.807) is 4.57 Å². The molecule has 98 valence electrons. The highest BCUT2D eigenvalue weighted by Crippen LogP contribution is 2.24. The van der Waals surface area contributed by atoms with Crippen molar-refractivity contribution < 1.29 is 14.6 Å². The molecule has 8 heteroatoms. The van der Waals surface area contributed by atoms with E-state index >= 15 is 0 Å². The lowest BCUT2D eigenvalue weighted by atomic mass is 10.5. The second-order valence-electron chi connectivity index (χ2n) is 3.52. The van der Waals surface area contributed by atoms with Crippen LogP contribution in [0.4, 0.5) is 5.95 Å². The molecule has 2 heterocycles. The molecule has 18 heavy (non-hydrogen) atoms. The third-order valence-corrected chi connectivity index (χ3v) is 2.43. The Morgan fingerprint density at radius 1 is 1.50 bits per heavy atom. The average molecular weight is 253 g/mol. The molecule has 0 aromatic carbocycles. The molecule has 0 bridgehead atoms. The maximum absolute atomic E-state index is 9.22. The SMILES string of the molecule is CCOc1nc(N)nc2c1ncn2[C@@H](CO)OC. The van der Waals surface area contributed by atoms with Crippen LogP contribution in [0.25, 0.3) is 11.2 Å². The van der Waals surface area contributed by atoms with Crippen LogP contribution in [0.2, 0.25) is 0 Å². The van der Waals surface area contributed by atoms with E-state index in [2.05, 4.69) is 15.0 Å². The lowest BCUT2D eigenvalue weighted by molar-refractivity contribution is -0.000184. The molecule has 0 aliphatic heterocycles. The summed E-state index contributed by atoms with van der Waals surface area (Å²) in [6.07, 6.45) is 0.935. The number of nitrogens with zero attached hydrogens (tertiary/aromatic N) is 4. The van der Waals surface area contributed by atoms with Crippen molar-refractivity contribution in [2.45, 2.75) is 13.2 Å². The Bertz CT molecular complexity index is 538. The summed E-state index contributed by atoms with van der Waals surface area (Å²) in [5.74, 6) is 0.409. The molecule has 0 fully saturated rings. The predicted octanol–water partition coefficient (Wildman–Crippen LogP) is -0.0555. The van der Waals surface area contributed by atoms with Gasteiger partial charge in [0.15, 0.2) is 17.4 Å². The molecule has 0 unspecified atom stereocenters. The van der Waals surface area contributed by atoms with E-state index in [0.717, 1.165) is 0 Å². The summed E-state index contributed by atoms with van der Waals surface area (Å²) in [4.78, 5) is 12.2. The maximum Gasteiger partial charge on any atom is 0.247 e. The van der Waals surface area contributed by atoms with E-state index in [0.29, 0.717) is 23.7 Å². The van der Waals surface area contributed by atoms with Crippen LogP contribution in [0.1, 0.15) is 13.2 Å². The highest BCUT2D eigenvalue weighted by atomic mass is 16.5. The van der Waals surface area contributed by atoms with Crippen molar-refractivity contribution in [3.8, 4) is 5.88 Å². The van der Waals surface area contributed by atoms with Gasteiger partial charge in [0.25, 0.3) is 0 Å². The number of nitrogens with two attached hydrogens (primary N) is 1. The molecule has 0 spiro atoms. The molecule has 2 rings (SSSR count). The highest BCUT2D eigenvalue weighted by Gasteiger charge is 2.17. The quantitative estimate of drug-likeness (QED) is 0.768. The molecule has 1 atom stereocenters. The third kappa shape index (κ3) is 2.07. The molecule has 8 nitrogen and oxygen atoms in total. The number of ether oxygens (including phenoxy) is 2. The first-order chi connectivity index (χ1) is 8.71. The van der Waals surface area contributed by atoms with Crippen molar-refractivity contribution in [2.75, 3.05) is 26.1 Å². The lowest BCUT2D eigenvalue weighted by Crippen LogP contribution is -2.15. The summed E-state index contributed by atoms with van der Waals surface area (Å²) in [7, 11) is 1.49. The molecule has 3 N–H and O–H groups in total. The molecule has 2 aromatic rings. The van der Waals surface area contributed by atoms with Gasteiger partial charge in [0.2, 0.25) is 11.8 Å². The first-order valence-corrected chi connectivity index (χ1v) is 5.47. The summed E-state index contributed by atoms with van der Waals surface area (Å²) in [5, 5.41) is 9.22. The molecule has 0 aliphatic carbocycles. The van der Waals surface area contributed by atoms with Gasteiger partial charge in [0.1, 0.15) is 0 Å². The maximum atomic E-state index is 9.22. The van der Waals surface area contributed by atoms with Crippen molar-refractivity contribution in [2.24, 2.45) is 0 Å². The van der Waals surface area contributed by atoms with Gasteiger partial charge in [0, 0.05) is 7.11 Å². The number of nitrogen functional groups attached to an aromatic ring is 1. The van der Waals surface area contributed by atoms with Gasteiger partial charge in [0.05, 0.1) is 19.5 Å². The minimum atomic E-state index is -0.571. The molecule has 0 amide bonds. The molecule has 0 saturated heterocycles. The molecule has 0 saturated carbocycles. The van der Waals surface area contributed by atoms with Crippen LogP contribution >= 0.6 is 0 Å². The molecule has 0 aliphatic rings. The summed E-state index contributed by atoms with van der Waals surface area (Å²) in [5.41, 5.74) is 6.57. The summed E-state index contributed by atoms with van der Waals surface area (Å²) < 4.78 is 12.1. The van der Waals surface area contributed by atoms with E-state index in [9.17, 15) is 5.11 Å². The monoisotopic (exact) mass is 253 g/mol. The Hall–Kier alpha value is -1.93. The fraction of sp³-hybridized carbons (Fsp3) is 0.500. The van der Waals surface area contributed by atoms with Crippen LogP contribution in [-0.2, 0) is 4.74 Å². The number of rotatable bonds is 5. The minimum Gasteiger partial charge on any atom is -0.476 e. The second kappa shape index (κ2) is 5.15. The smallest absolute Gasteiger partial charge is 0.247 e. The number of methoxy groups -OCH3 is 1. The summed E-state index contributed by atoms with van der Waals surface area (Å²) in [6, 6.07) is 0. The number of imidazole rings is 1. The van der Waals surface area contributed by atoms with Crippen LogP contribution in [0.5, 0.6) is 5.88 Å². The average Bonchev–Trinajstić information content (AvgIpc) is 2.75. The standard InChI is InChI=1S/C10H15N5O3/c1-3-18-9-7-8(13-10(11)14-9)15(5-12-7)6(4-16)17-2/h5-6,16H,3-4H2,1-2H3,(H2,11,13,14)/t6-/m1/s1. The van der Waals surface area contributed by atoms with Crippen molar-refractivity contribution in [1.82, 2.24) is 19.5 Å². The van der Waals surface area contributed by atoms with Crippen LogP contribution in [0.15, 0.2) is 6.33 Å². The number of aliphatic hydroxyl groups excluding tert-OH is 1. The lowest BCUT2D eigenvalue weighted by Gasteiger charge is -2.14. The zero-order valence-electron chi connectivity index (χ0n) is 10.2. The number of hydrogen-bond donors (Lipinski definition) is 2. The van der Waals surface area contributed by atoms with Crippen molar-refractivity contribution >= 4 is 17.1 Å². The van der Waals surface area contributed by atoms with Crippen molar-refractivity contribution in [1.29, 1.82) is 0 Å². The Morgan fingerprint density at radius 3 is 2.89 bits per heavy atom. The zero-order valence-corrected chi connectivity index (χ0v) is 10.2. The first kappa shape index (κ1) is 12.5. The minimum absolute atomic E-state index is 0.0838. The molecule has 0 radical (unpaired) electrons. The zero-order chi connectivity index (χ0) is 13.1. The van der Waals surface area contributed by atoms with Gasteiger partial charge in [-0.1, -0.05) is 0 Å². The van der Waals surface area contributed by atoms with Gasteiger partial charge in [-0.3, -0.25) is 4.57 Å². The number of aliphatic hydroxyl groups is 1. The van der Waals surface area contributed by atoms with Gasteiger partial charge < -0.3 is 20.3 Å². The summed E-state index contributed by atoms with van der Waals surface area (Å²) in [6.45, 7) is 2.09. The van der Waals surface area contributed by atoms with Gasteiger partial charge in [-0.05, 0) is 6.92 Å². The van der Waals surface area contributed by atoms with Crippen LogP contribution < -0.4 is 10.5 Å². The van der Waals surface area contributed by atoms with Crippen molar-refractivity contribution in [3.63, 3.8) is 0 Å². The Balaban J connectivity index is 2.58. The van der Waals surface area contributed by atoms with E-state index in [1.807, 2.05) is 6.92 Å². The first-order valence-electron chi connectivity index (χ1n) is 5.47. The van der Waals surface area contributed by atoms with E-state index < -0.39 is 6.23 Å². The van der Waals surface area contributed by atoms with E-state index in [1.165, 1.54) is 13.4 Å². The van der Waals surface area contributed by atoms with E-state index in [4.69, 9.17) is 15.2 Å². The topological polar surface area (TPSA) is 108 Å². The summed E-state index contributed by atoms with van der Waals surface area (Å²) >= 11 is 0. The van der Waals surface area contributed by atoms with Gasteiger partial charge >= 0.3 is 0 Å². The largest absolute Gasteiger partial charge is 0.476 e. The molecular weight excluding hydrogens is 238 g/mol. The van der Waals surface area contributed by atoms with Crippen LogP contribution in [-0.4, -0.2) is 44.9 Å². The van der Waals surface area contributed by atoms with Crippen LogP contribution in [0.3, 0.4) is 0 Å². The van der Waals surface area contributed by atoms with Gasteiger partial charge in [-0.15, -0.1) is 0 Å². The second-order valence-corrected chi connectivity index (χ2v) is 3.52. The predicted molar refractivity (Wildman–Crippen MR) is 64.0 cm³/mol. The Labute approximate surface area is 103 Å². The Morgan fingerprint density at radius 2 is 2.28 bits per heavy atom. The van der Waals surface area contributed by atoms with E-state index in [-0.39, 0.29) is 12.6 Å². The number of fused-ring (bicyclic) bond motifs is 1. The highest BCUT2D eigenvalue weighted by molar-refractivity contribution is 5.77. The fourth-order valence-electron chi connectivity index (χ4n) is 1.63. The van der Waals surface area contributed by atoms with Crippen molar-refractivity contribution in [3.05, 3.63) is 6.33 Å². The third-order valence-electron chi connectivity index (χ3n) is 2.43. The van der Waals surface area contributed by atoms with Gasteiger partial charge in [-0.2, -0.15) is 9.97 Å². The number of anilines is 1. The van der Waals surface area contributed by atoms with Crippen LogP contribution in [0, 0.1) is 0 Å².